The first-order valence-corrected chi connectivity index (χ1v) is 2.17. The molecule has 0 bridgehead atoms. The van der Waals surface area contributed by atoms with Crippen molar-refractivity contribution in [3.8, 4) is 0 Å². The summed E-state index contributed by atoms with van der Waals surface area (Å²) in [6.45, 7) is 0. The van der Waals surface area contributed by atoms with Gasteiger partial charge in [0.2, 0.25) is 5.82 Å². The summed E-state index contributed by atoms with van der Waals surface area (Å²) in [5, 5.41) is 0. The van der Waals surface area contributed by atoms with Crippen LogP contribution >= 0.6 is 0 Å². The summed E-state index contributed by atoms with van der Waals surface area (Å²) in [5.41, 5.74) is -1.71. The van der Waals surface area contributed by atoms with Crippen LogP contribution in [0.5, 0.6) is 0 Å². The predicted octanol–water partition coefficient (Wildman–Crippen LogP) is -0.798. The smallest absolute Gasteiger partial charge is 0.311 e. The zero-order valence-corrected chi connectivity index (χ0v) is 4.27. The quantitative estimate of drug-likeness (QED) is 0.481. The maximum atomic E-state index is 12.0. The fraction of sp³-hybridized carbons (Fsp3) is 0. The molecule has 2 N–H and O–H groups in total. The number of halogens is 1. The van der Waals surface area contributed by atoms with E-state index in [9.17, 15) is 14.0 Å². The maximum absolute atomic E-state index is 12.0. The minimum Gasteiger partial charge on any atom is -0.311 e. The van der Waals surface area contributed by atoms with Gasteiger partial charge in [0.25, 0.3) is 5.56 Å². The molecular weight excluding hydrogens is 126 g/mol. The van der Waals surface area contributed by atoms with E-state index >= 15 is 0 Å². The standard InChI is InChI=1S/C4H3FN2O2/c5-2-1-6-4(9)7-3(2)8/h1H,(H2,6,7,8,9)/i5-1. The third kappa shape index (κ3) is 1.04. The van der Waals surface area contributed by atoms with Gasteiger partial charge < -0.3 is 4.98 Å². The summed E-state index contributed by atoms with van der Waals surface area (Å²) in [5.74, 6) is -0.991. The number of H-pyrrole nitrogens is 2. The van der Waals surface area contributed by atoms with Crippen LogP contribution in [0.4, 0.5) is 4.39 Å². The highest BCUT2D eigenvalue weighted by Gasteiger charge is 1.93. The molecule has 0 unspecified atom stereocenters. The molecule has 48 valence electrons. The van der Waals surface area contributed by atoms with Crippen LogP contribution in [0, 0.1) is 5.82 Å². The van der Waals surface area contributed by atoms with Crippen molar-refractivity contribution in [2.45, 2.75) is 0 Å². The third-order valence-corrected chi connectivity index (χ3v) is 0.774. The van der Waals surface area contributed by atoms with E-state index in [-0.39, 0.29) is 0 Å². The summed E-state index contributed by atoms with van der Waals surface area (Å²) < 4.78 is 12.0. The molecule has 0 amide bonds. The summed E-state index contributed by atoms with van der Waals surface area (Å²) in [4.78, 5) is 24.0. The lowest BCUT2D eigenvalue weighted by Gasteiger charge is -1.81. The van der Waals surface area contributed by atoms with E-state index in [1.54, 1.807) is 4.98 Å². The van der Waals surface area contributed by atoms with Crippen LogP contribution in [0.25, 0.3) is 0 Å². The fourth-order valence-electron chi connectivity index (χ4n) is 0.393. The second-order valence-corrected chi connectivity index (χ2v) is 1.42. The van der Waals surface area contributed by atoms with Crippen LogP contribution in [-0.4, -0.2) is 9.97 Å². The normalized spacial score (nSPS) is 9.44. The van der Waals surface area contributed by atoms with Crippen molar-refractivity contribution in [2.75, 3.05) is 0 Å². The largest absolute Gasteiger partial charge is 0.325 e. The first-order chi connectivity index (χ1) is 4.20. The van der Waals surface area contributed by atoms with Crippen LogP contribution in [0.3, 0.4) is 0 Å². The molecule has 1 aromatic rings. The van der Waals surface area contributed by atoms with E-state index in [2.05, 4.69) is 0 Å². The molecule has 1 rings (SSSR count). The van der Waals surface area contributed by atoms with Crippen molar-refractivity contribution >= 4 is 0 Å². The van der Waals surface area contributed by atoms with Crippen molar-refractivity contribution in [1.82, 2.24) is 9.97 Å². The molecule has 0 saturated carbocycles. The number of rotatable bonds is 0. The van der Waals surface area contributed by atoms with Crippen molar-refractivity contribution in [3.05, 3.63) is 32.9 Å². The molecule has 0 aromatic carbocycles. The van der Waals surface area contributed by atoms with Crippen molar-refractivity contribution < 1.29 is 4.39 Å². The Bertz CT molecular complexity index is 313. The van der Waals surface area contributed by atoms with Crippen molar-refractivity contribution in [3.63, 3.8) is 0 Å². The Balaban J connectivity index is 3.52. The van der Waals surface area contributed by atoms with Gasteiger partial charge in [-0.05, 0) is 0 Å². The Kier molecular flexibility index (Phi) is 1.18. The Morgan fingerprint density at radius 2 is 2.11 bits per heavy atom. The second kappa shape index (κ2) is 1.85. The van der Waals surface area contributed by atoms with Gasteiger partial charge in [0.05, 0.1) is 0 Å². The number of nitrogens with one attached hydrogen (secondary N) is 2. The van der Waals surface area contributed by atoms with Gasteiger partial charge in [0.15, 0.2) is 0 Å². The van der Waals surface area contributed by atoms with Crippen LogP contribution in [0.15, 0.2) is 15.8 Å². The monoisotopic (exact) mass is 129 g/mol. The van der Waals surface area contributed by atoms with Gasteiger partial charge in [-0.25, -0.2) is 4.79 Å². The van der Waals surface area contributed by atoms with Crippen molar-refractivity contribution in [2.24, 2.45) is 0 Å². The van der Waals surface area contributed by atoms with Gasteiger partial charge in [-0.15, -0.1) is 0 Å². The SMILES string of the molecule is O=c1[nH]cc([18F])c(=O)[nH]1. The molecule has 0 aliphatic heterocycles. The molecule has 0 saturated heterocycles. The second-order valence-electron chi connectivity index (χ2n) is 1.42. The molecular formula is C4H3FN2O2. The molecule has 0 aliphatic carbocycles. The lowest BCUT2D eigenvalue weighted by Crippen LogP contribution is -2.23. The first kappa shape index (κ1) is 5.74. The fourth-order valence-corrected chi connectivity index (χ4v) is 0.393. The van der Waals surface area contributed by atoms with E-state index in [0.29, 0.717) is 6.20 Å². The molecule has 0 radical (unpaired) electrons. The first-order valence-electron chi connectivity index (χ1n) is 2.17. The Morgan fingerprint density at radius 1 is 1.44 bits per heavy atom. The van der Waals surface area contributed by atoms with Gasteiger partial charge in [0, 0.05) is 6.20 Å². The van der Waals surface area contributed by atoms with Crippen LogP contribution in [-0.2, 0) is 0 Å². The van der Waals surface area contributed by atoms with Crippen LogP contribution in [0.2, 0.25) is 0 Å². The molecule has 0 atom stereocenters. The van der Waals surface area contributed by atoms with Gasteiger partial charge >= 0.3 is 5.69 Å². The van der Waals surface area contributed by atoms with Gasteiger partial charge in [0.1, 0.15) is 0 Å². The van der Waals surface area contributed by atoms with E-state index < -0.39 is 17.1 Å². The highest BCUT2D eigenvalue weighted by Crippen LogP contribution is 1.74. The maximum Gasteiger partial charge on any atom is 0.325 e. The predicted molar refractivity (Wildman–Crippen MR) is 27.6 cm³/mol. The van der Waals surface area contributed by atoms with Crippen LogP contribution in [0.1, 0.15) is 0 Å². The highest BCUT2D eigenvalue weighted by atomic mass is 18.2. The summed E-state index contributed by atoms with van der Waals surface area (Å²) in [6, 6.07) is 0. The Hall–Kier alpha value is -1.39. The van der Waals surface area contributed by atoms with E-state index in [1.807, 2.05) is 4.98 Å². The highest BCUT2D eigenvalue weighted by molar-refractivity contribution is 4.83. The summed E-state index contributed by atoms with van der Waals surface area (Å²) in [6.07, 6.45) is 0.709. The lowest BCUT2D eigenvalue weighted by molar-refractivity contribution is 0.597. The topological polar surface area (TPSA) is 65.7 Å². The number of aromatic amines is 2. The Labute approximate surface area is 48.4 Å². The minimum absolute atomic E-state index is 0.707. The molecule has 0 spiro atoms. The average Bonchev–Trinajstić information content (AvgIpc) is 1.80. The third-order valence-electron chi connectivity index (χ3n) is 0.774. The number of aromatic nitrogens is 2. The molecule has 5 heteroatoms. The number of hydrogen-bond acceptors (Lipinski definition) is 2. The van der Waals surface area contributed by atoms with Crippen molar-refractivity contribution in [1.29, 1.82) is 0 Å². The zero-order valence-electron chi connectivity index (χ0n) is 4.27. The Morgan fingerprint density at radius 3 is 2.56 bits per heavy atom. The lowest BCUT2D eigenvalue weighted by atomic mass is 10.6. The van der Waals surface area contributed by atoms with Gasteiger partial charge in [-0.2, -0.15) is 4.39 Å². The van der Waals surface area contributed by atoms with Gasteiger partial charge in [-0.1, -0.05) is 0 Å². The molecule has 1 aromatic heterocycles. The molecule has 9 heavy (non-hydrogen) atoms. The molecule has 4 nitrogen and oxygen atoms in total. The molecule has 0 aliphatic rings. The van der Waals surface area contributed by atoms with E-state index in [0.717, 1.165) is 0 Å². The van der Waals surface area contributed by atoms with Gasteiger partial charge in [-0.3, -0.25) is 9.78 Å². The summed E-state index contributed by atoms with van der Waals surface area (Å²) in [7, 11) is 0. The van der Waals surface area contributed by atoms with E-state index in [4.69, 9.17) is 0 Å². The minimum atomic E-state index is -1.00. The zero-order chi connectivity index (χ0) is 6.85. The number of hydrogen-bond donors (Lipinski definition) is 2. The molecule has 0 fully saturated rings. The average molecular weight is 129 g/mol. The van der Waals surface area contributed by atoms with E-state index in [1.165, 1.54) is 0 Å². The summed E-state index contributed by atoms with van der Waals surface area (Å²) >= 11 is 0. The van der Waals surface area contributed by atoms with Crippen LogP contribution < -0.4 is 11.2 Å². The molecule has 1 heterocycles.